The fourth-order valence-electron chi connectivity index (χ4n) is 1.61. The summed E-state index contributed by atoms with van der Waals surface area (Å²) in [5.41, 5.74) is 0. The van der Waals surface area contributed by atoms with Crippen molar-refractivity contribution in [3.63, 3.8) is 0 Å². The largest absolute Gasteiger partial charge is 0.394 e. The Hall–Kier alpha value is -0.810. The summed E-state index contributed by atoms with van der Waals surface area (Å²) in [6.07, 6.45) is -5.05. The molecular weight excluding hydrogens is 236 g/mol. The molecule has 5 atom stereocenters. The highest BCUT2D eigenvalue weighted by Gasteiger charge is 2.46. The Morgan fingerprint density at radius 2 is 2.12 bits per heavy atom. The van der Waals surface area contributed by atoms with E-state index in [1.165, 1.54) is 6.92 Å². The molecule has 9 nitrogen and oxygen atoms in total. The predicted molar refractivity (Wildman–Crippen MR) is 51.7 cm³/mol. The van der Waals surface area contributed by atoms with Gasteiger partial charge in [-0.1, -0.05) is 0 Å². The molecule has 1 fully saturated rings. The number of nitrogens with two attached hydrogens (primary N) is 1. The summed E-state index contributed by atoms with van der Waals surface area (Å²) in [5.74, 6) is 4.24. The molecule has 1 aliphatic rings. The molecule has 0 aliphatic carbocycles. The van der Waals surface area contributed by atoms with Crippen molar-refractivity contribution in [3.8, 4) is 0 Å². The zero-order valence-corrected chi connectivity index (χ0v) is 9.15. The summed E-state index contributed by atoms with van der Waals surface area (Å²) in [5, 5.41) is 30.6. The Labute approximate surface area is 96.9 Å². The van der Waals surface area contributed by atoms with Gasteiger partial charge < -0.3 is 25.4 Å². The minimum atomic E-state index is -1.38. The first kappa shape index (κ1) is 14.3. The minimum Gasteiger partial charge on any atom is -0.394 e. The maximum atomic E-state index is 10.9. The normalized spacial score (nSPS) is 37.8. The lowest BCUT2D eigenvalue weighted by Crippen LogP contribution is -2.64. The van der Waals surface area contributed by atoms with E-state index in [9.17, 15) is 15.0 Å². The third kappa shape index (κ3) is 3.33. The van der Waals surface area contributed by atoms with Gasteiger partial charge >= 0.3 is 0 Å². The molecule has 6 N–H and O–H groups in total. The minimum absolute atomic E-state index is 0.460. The van der Waals surface area contributed by atoms with Gasteiger partial charge in [0, 0.05) is 6.92 Å². The van der Waals surface area contributed by atoms with E-state index in [-0.39, 0.29) is 0 Å². The summed E-state index contributed by atoms with van der Waals surface area (Å²) < 4.78 is 5.07. The molecule has 1 saturated heterocycles. The maximum Gasteiger partial charge on any atom is 0.217 e. The number of hydrogen-bond donors (Lipinski definition) is 5. The molecule has 9 heteroatoms. The second-order valence-corrected chi connectivity index (χ2v) is 3.63. The highest BCUT2D eigenvalue weighted by Crippen LogP contribution is 2.21. The van der Waals surface area contributed by atoms with Gasteiger partial charge in [-0.25, -0.2) is 0 Å². The van der Waals surface area contributed by atoms with Gasteiger partial charge in [-0.3, -0.25) is 4.79 Å². The highest BCUT2D eigenvalue weighted by atomic mass is 17.3. The van der Waals surface area contributed by atoms with Crippen LogP contribution in [-0.2, 0) is 19.4 Å². The van der Waals surface area contributed by atoms with Gasteiger partial charge in [0.25, 0.3) is 0 Å². The summed E-state index contributed by atoms with van der Waals surface area (Å²) >= 11 is 0. The molecule has 0 aromatic rings. The number of nitrogens with one attached hydrogen (secondary N) is 1. The Kier molecular flexibility index (Phi) is 5.21. The molecule has 1 amide bonds. The molecule has 1 aliphatic heterocycles. The van der Waals surface area contributed by atoms with Crippen LogP contribution in [0, 0.1) is 0 Å². The van der Waals surface area contributed by atoms with Crippen LogP contribution in [0.15, 0.2) is 0 Å². The van der Waals surface area contributed by atoms with E-state index in [0.29, 0.717) is 0 Å². The number of aliphatic hydroxyl groups is 3. The molecule has 0 aromatic heterocycles. The smallest absolute Gasteiger partial charge is 0.217 e. The number of ether oxygens (including phenoxy) is 1. The fourth-order valence-corrected chi connectivity index (χ4v) is 1.61. The van der Waals surface area contributed by atoms with E-state index in [4.69, 9.17) is 15.7 Å². The van der Waals surface area contributed by atoms with E-state index in [0.717, 1.165) is 0 Å². The van der Waals surface area contributed by atoms with Crippen LogP contribution in [0.2, 0.25) is 0 Å². The molecule has 0 aromatic carbocycles. The number of rotatable bonds is 4. The third-order valence-electron chi connectivity index (χ3n) is 2.40. The second kappa shape index (κ2) is 6.21. The van der Waals surface area contributed by atoms with Crippen LogP contribution in [0.1, 0.15) is 6.92 Å². The molecule has 0 saturated carbocycles. The van der Waals surface area contributed by atoms with Crippen molar-refractivity contribution < 1.29 is 34.7 Å². The molecule has 17 heavy (non-hydrogen) atoms. The molecule has 0 unspecified atom stereocenters. The molecule has 0 spiro atoms. The predicted octanol–water partition coefficient (Wildman–Crippen LogP) is -3.25. The molecule has 0 bridgehead atoms. The number of carbonyl (C=O) groups is 1. The first-order valence-corrected chi connectivity index (χ1v) is 4.93. The average Bonchev–Trinajstić information content (AvgIpc) is 2.28. The Morgan fingerprint density at radius 1 is 1.47 bits per heavy atom. The van der Waals surface area contributed by atoms with E-state index in [2.05, 4.69) is 15.2 Å². The monoisotopic (exact) mass is 252 g/mol. The summed E-state index contributed by atoms with van der Waals surface area (Å²) in [6.45, 7) is 0.688. The van der Waals surface area contributed by atoms with Gasteiger partial charge in [0.1, 0.15) is 24.4 Å². The first-order chi connectivity index (χ1) is 8.01. The molecular formula is C8H16N2O7. The third-order valence-corrected chi connectivity index (χ3v) is 2.40. The average molecular weight is 252 g/mol. The lowest BCUT2D eigenvalue weighted by Gasteiger charge is -2.40. The van der Waals surface area contributed by atoms with Gasteiger partial charge in [0.2, 0.25) is 12.2 Å². The van der Waals surface area contributed by atoms with Crippen molar-refractivity contribution in [2.24, 2.45) is 5.90 Å². The van der Waals surface area contributed by atoms with Crippen LogP contribution < -0.4 is 11.2 Å². The van der Waals surface area contributed by atoms with Crippen molar-refractivity contribution in [1.29, 1.82) is 0 Å². The van der Waals surface area contributed by atoms with Crippen LogP contribution >= 0.6 is 0 Å². The first-order valence-electron chi connectivity index (χ1n) is 4.93. The van der Waals surface area contributed by atoms with Crippen molar-refractivity contribution in [1.82, 2.24) is 5.32 Å². The van der Waals surface area contributed by atoms with Crippen LogP contribution in [0.3, 0.4) is 0 Å². The quantitative estimate of drug-likeness (QED) is 0.259. The van der Waals surface area contributed by atoms with Gasteiger partial charge in [0.05, 0.1) is 6.61 Å². The van der Waals surface area contributed by atoms with Crippen LogP contribution in [0.25, 0.3) is 0 Å². The summed E-state index contributed by atoms with van der Waals surface area (Å²) in [6, 6.07) is -1.06. The topological polar surface area (TPSA) is 144 Å². The van der Waals surface area contributed by atoms with E-state index in [1.54, 1.807) is 0 Å². The van der Waals surface area contributed by atoms with Crippen LogP contribution in [0.4, 0.5) is 0 Å². The lowest BCUT2D eigenvalue weighted by atomic mass is 9.97. The SMILES string of the molecule is CC(=O)N[C@H]1[C@H](OON)O[C@H](CO)[C@@H](O)[C@@H]1O. The Morgan fingerprint density at radius 3 is 2.59 bits per heavy atom. The zero-order chi connectivity index (χ0) is 13.0. The number of amides is 1. The Balaban J connectivity index is 2.78. The number of hydrogen-bond acceptors (Lipinski definition) is 8. The molecule has 1 heterocycles. The summed E-state index contributed by atoms with van der Waals surface area (Å²) in [7, 11) is 0. The summed E-state index contributed by atoms with van der Waals surface area (Å²) in [4.78, 5) is 19.4. The van der Waals surface area contributed by atoms with Crippen molar-refractivity contribution in [2.45, 2.75) is 37.6 Å². The second-order valence-electron chi connectivity index (χ2n) is 3.63. The van der Waals surface area contributed by atoms with Gasteiger partial charge in [-0.05, 0) is 0 Å². The zero-order valence-electron chi connectivity index (χ0n) is 9.15. The van der Waals surface area contributed by atoms with Crippen LogP contribution in [0.5, 0.6) is 0 Å². The standard InChI is InChI=1S/C8H16N2O7/c1-3(12)10-5-7(14)6(13)4(2-11)15-8(5)16-17-9/h4-8,11,13-14H,2,9H2,1H3,(H,10,12)/t4-,5-,6-,7-,8+/m1/s1. The molecule has 0 radical (unpaired) electrons. The van der Waals surface area contributed by atoms with Crippen molar-refractivity contribution >= 4 is 5.91 Å². The van der Waals surface area contributed by atoms with E-state index in [1.807, 2.05) is 0 Å². The Bertz CT molecular complexity index is 264. The van der Waals surface area contributed by atoms with E-state index >= 15 is 0 Å². The van der Waals surface area contributed by atoms with Crippen molar-refractivity contribution in [3.05, 3.63) is 0 Å². The fraction of sp³-hybridized carbons (Fsp3) is 0.875. The van der Waals surface area contributed by atoms with E-state index < -0.39 is 43.2 Å². The van der Waals surface area contributed by atoms with Gasteiger partial charge in [0.15, 0.2) is 0 Å². The number of aliphatic hydroxyl groups excluding tert-OH is 3. The molecule has 100 valence electrons. The van der Waals surface area contributed by atoms with Crippen molar-refractivity contribution in [2.75, 3.05) is 6.61 Å². The maximum absolute atomic E-state index is 10.9. The number of carbonyl (C=O) groups excluding carboxylic acids is 1. The van der Waals surface area contributed by atoms with Crippen LogP contribution in [-0.4, -0.2) is 58.5 Å². The lowest BCUT2D eigenvalue weighted by molar-refractivity contribution is -0.414. The highest BCUT2D eigenvalue weighted by molar-refractivity contribution is 5.73. The van der Waals surface area contributed by atoms with Gasteiger partial charge in [-0.2, -0.15) is 10.8 Å². The van der Waals surface area contributed by atoms with Gasteiger partial charge in [-0.15, -0.1) is 4.99 Å². The molecule has 1 rings (SSSR count).